The molecule has 0 spiro atoms. The Bertz CT molecular complexity index is 6600. The van der Waals surface area contributed by atoms with Gasteiger partial charge in [-0.05, 0) is 202 Å². The molecule has 0 aliphatic carbocycles. The number of carbonyl (C=O) groups excluding carboxylic acids is 6. The Kier molecular flexibility index (Phi) is 41.8. The van der Waals surface area contributed by atoms with E-state index in [-0.39, 0.29) is 217 Å². The molecule has 6 atom stereocenters. The Balaban J connectivity index is 0.000000248. The van der Waals surface area contributed by atoms with Gasteiger partial charge in [0.05, 0.1) is 52.7 Å². The van der Waals surface area contributed by atoms with Crippen molar-refractivity contribution >= 4 is 201 Å². The number of ether oxygens (including phenoxy) is 1. The molecule has 3 fully saturated rings. The van der Waals surface area contributed by atoms with Gasteiger partial charge in [0.25, 0.3) is 40.2 Å². The van der Waals surface area contributed by atoms with Gasteiger partial charge in [-0.2, -0.15) is 71.1 Å². The molecule has 4 amide bonds. The molecule has 1 radical (unpaired) electrons. The van der Waals surface area contributed by atoms with E-state index in [1.807, 2.05) is 49.4 Å². The summed E-state index contributed by atoms with van der Waals surface area (Å²) in [5.41, 5.74) is -6.08. The molecular weight excluding hydrogens is 2190 g/mol. The van der Waals surface area contributed by atoms with Crippen LogP contribution in [0.25, 0.3) is 32.7 Å². The fraction of sp³-hybridized carbons (Fsp3) is 0.333. The molecule has 140 heavy (non-hydrogen) atoms. The molecule has 5 aromatic heterocycles. The third kappa shape index (κ3) is 28.1. The summed E-state index contributed by atoms with van der Waals surface area (Å²) in [5, 5.41) is 32.2. The summed E-state index contributed by atoms with van der Waals surface area (Å²) in [6.07, 6.45) is -16.8. The molecule has 5 aromatic carbocycles. The number of fused-ring (bicyclic) bond motifs is 8. The number of nitrogens with zero attached hydrogens (tertiary/aromatic N) is 5. The molecule has 7 aliphatic heterocycles. The molecule has 10 aromatic rings. The van der Waals surface area contributed by atoms with Crippen molar-refractivity contribution in [1.29, 1.82) is 10.5 Å². The maximum Gasteiger partial charge on any atom is 1.00 e. The Hall–Kier alpha value is -9.58. The fourth-order valence-electron chi connectivity index (χ4n) is 15.3. The molecule has 3 saturated heterocycles. The van der Waals surface area contributed by atoms with Gasteiger partial charge in [0, 0.05) is 160 Å². The number of hydrogen-bond donors (Lipinski definition) is 10. The van der Waals surface area contributed by atoms with Gasteiger partial charge in [0.1, 0.15) is 28.9 Å². The zero-order valence-corrected chi connectivity index (χ0v) is 85.2. The first kappa shape index (κ1) is 119. The smallest absolute Gasteiger partial charge is 0.512 e. The number of carbonyl (C=O) groups is 6. The van der Waals surface area contributed by atoms with Crippen LogP contribution in [0.15, 0.2) is 135 Å². The van der Waals surface area contributed by atoms with E-state index in [2.05, 4.69) is 66.7 Å². The van der Waals surface area contributed by atoms with Crippen molar-refractivity contribution in [2.45, 2.75) is 164 Å². The second-order valence-corrected chi connectivity index (χ2v) is 35.3. The number of amides is 4. The van der Waals surface area contributed by atoms with E-state index in [1.54, 1.807) is 6.92 Å². The SMILES string of the molecule is CC1CC=C(N2CCOCC2)C(=O)N1.CC1CCC(Cl)(Cl)C(=O)N1.CC1CCCC(=O)N1.CC1Cc2c(nc3ccc(Cl)cc3c2C(F)(F)F)C(=O)N1.Cc1cc2c(C(F)(F)F)c3cc(Cl)ccc3nc2c(=O)[nH]1.Cc1cc2c(c(=O)[nH]1)Nc1ccc(Cl)cc1C2(C#N)C(F)(F)F.Cc1cc2c(c(=O)[nH]1)Nc1ccc(Cl)cc1C2(C=O)C(F)(F)F.Nc1ccc(Cl)cc1C(=O)C(F)(F)F.[C-]#N.[CH2-]I.[Na+].[V]. The number of Topliss-reactive ketones (excluding diaryl/α,β-unsaturated/α-hetero) is 1. The Morgan fingerprint density at radius 2 is 1.05 bits per heavy atom. The summed E-state index contributed by atoms with van der Waals surface area (Å²) in [6, 6.07) is 24.5. The first-order valence-electron chi connectivity index (χ1n) is 40.7. The van der Waals surface area contributed by atoms with E-state index >= 15 is 0 Å². The first-order chi connectivity index (χ1) is 64.3. The van der Waals surface area contributed by atoms with Gasteiger partial charge in [-0.25, -0.2) is 9.97 Å². The number of H-pyrrole nitrogens is 3. The van der Waals surface area contributed by atoms with Crippen molar-refractivity contribution in [2.24, 2.45) is 0 Å². The number of piperidine rings is 2. The number of halogens is 23. The van der Waals surface area contributed by atoms with Crippen LogP contribution in [0.4, 0.5) is 94.3 Å². The van der Waals surface area contributed by atoms with Gasteiger partial charge >= 0.3 is 60.4 Å². The van der Waals surface area contributed by atoms with Gasteiger partial charge in [-0.1, -0.05) is 87.3 Å². The molecule has 6 unspecified atom stereocenters. The second-order valence-electron chi connectivity index (χ2n) is 31.6. The normalized spacial score (nSPS) is 19.0. The van der Waals surface area contributed by atoms with Crippen LogP contribution in [0, 0.1) is 48.9 Å². The molecule has 11 N–H and O–H groups in total. The Morgan fingerprint density at radius 1 is 0.579 bits per heavy atom. The molecule has 7 aliphatic rings. The number of alkyl halides is 17. The van der Waals surface area contributed by atoms with Crippen molar-refractivity contribution in [3.63, 3.8) is 0 Å². The van der Waals surface area contributed by atoms with Gasteiger partial charge in [0.2, 0.25) is 11.3 Å². The summed E-state index contributed by atoms with van der Waals surface area (Å²) in [4.78, 5) is 124. The average Bonchev–Trinajstić information content (AvgIpc) is 0.709. The topological polar surface area (TPSA) is 385 Å². The number of morpholine rings is 1. The van der Waals surface area contributed by atoms with Crippen molar-refractivity contribution in [3.05, 3.63) is 256 Å². The third-order valence-corrected chi connectivity index (χ3v) is 23.4. The van der Waals surface area contributed by atoms with Crippen LogP contribution in [-0.2, 0) is 72.1 Å². The largest absolute Gasteiger partial charge is 1.00 e. The third-order valence-electron chi connectivity index (χ3n) is 21.5. The van der Waals surface area contributed by atoms with E-state index in [0.717, 1.165) is 101 Å². The summed E-state index contributed by atoms with van der Waals surface area (Å²) >= 11 is 41.9. The average molecular weight is 2270 g/mol. The Labute approximate surface area is 870 Å². The molecule has 743 valence electrons. The predicted molar refractivity (Wildman–Crippen MR) is 501 cm³/mol. The number of pyridine rings is 5. The summed E-state index contributed by atoms with van der Waals surface area (Å²) < 4.78 is 205. The number of benzene rings is 5. The number of anilines is 5. The number of aromatic amines is 3. The van der Waals surface area contributed by atoms with E-state index in [9.17, 15) is 114 Å². The summed E-state index contributed by atoms with van der Waals surface area (Å²) in [7, 11) is 0. The molecular formula is C90H80Cl7F15IN15NaO10V-. The van der Waals surface area contributed by atoms with Crippen LogP contribution in [0.5, 0.6) is 0 Å². The summed E-state index contributed by atoms with van der Waals surface area (Å²) in [5.74, 6) is -2.56. The van der Waals surface area contributed by atoms with Crippen molar-refractivity contribution in [2.75, 3.05) is 42.7 Å². The summed E-state index contributed by atoms with van der Waals surface area (Å²) in [6.45, 7) is 19.9. The number of nitrogen functional groups attached to an aromatic ring is 1. The molecule has 12 heterocycles. The van der Waals surface area contributed by atoms with E-state index in [0.29, 0.717) is 18.2 Å². The number of aromatic nitrogens is 5. The second kappa shape index (κ2) is 49.1. The van der Waals surface area contributed by atoms with Gasteiger partial charge in [-0.15, -0.1) is 0 Å². The predicted octanol–water partition coefficient (Wildman–Crippen LogP) is 18.1. The number of nitriles is 1. The van der Waals surface area contributed by atoms with E-state index in [1.165, 1.54) is 99.6 Å². The van der Waals surface area contributed by atoms with Crippen LogP contribution in [0.3, 0.4) is 0 Å². The van der Waals surface area contributed by atoms with Crippen LogP contribution >= 0.6 is 104 Å². The molecule has 0 bridgehead atoms. The van der Waals surface area contributed by atoms with Crippen molar-refractivity contribution in [3.8, 4) is 6.07 Å². The van der Waals surface area contributed by atoms with Crippen LogP contribution in [-0.4, -0.2) is 139 Å². The molecule has 0 saturated carbocycles. The van der Waals surface area contributed by atoms with Crippen molar-refractivity contribution in [1.82, 2.24) is 51.1 Å². The minimum absolute atomic E-state index is 0. The number of nitrogens with two attached hydrogens (primary N) is 1. The minimum atomic E-state index is -4.94. The van der Waals surface area contributed by atoms with E-state index in [4.69, 9.17) is 104 Å². The standard InChI is InChI=1S/C15H9ClF3N3O.C15H10ClF3N2O2.C14H10ClF3N2O.C14H8ClF3N2O.C10H16N2O2.C8H5ClF3NO.C6H9Cl2NO.C6H11NO.CH2I.CN.Na.V/c1-7-4-10-12(13(23)21-7)22-11-3-2-8(16)5-9(11)14(10,6-20)15(17,18)19;1-7-4-10-12(13(23)20-7)21-11-3-2-8(16)5-9(11)14(10,6-22)15(17,18)19;2*1-6-4-9-11(14(16,17)18)8-5-7(15)2-3-10(8)20-12(9)13(21)19-6;1-8-2-3-9(10(13)11-8)12-4-6-14-7-5-12;9-4-1-2-6(13)5(3-4)7(14)8(10,11)12;1-4-2-3-6(7,8)5(10)9-4;1-5-3-2-4-6(8)7-5;2*1-2;;/h2-5,22H,1H3,(H,21,23);2-6,21H,1H3,(H,20,23);2-3,5-6H,4H2,1H3,(H,19,21);2-5H,1H3,(H,19,21);3,8H,2,4-7H2,1H3,(H,11,13);1-3H,13H2;4H,2-3H2,1H3,(H,9,10);5H,2-4H2,1H3,(H,7,8);1H2;;;/q;;;;;;;;2*-1;+1;. The van der Waals surface area contributed by atoms with Crippen molar-refractivity contribution < 1.29 is 147 Å². The molecule has 25 nitrogen and oxygen atoms in total. The number of aryl methyl sites for hydroxylation is 3. The zero-order chi connectivity index (χ0) is 103. The maximum absolute atomic E-state index is 13.9. The van der Waals surface area contributed by atoms with Crippen LogP contribution < -0.4 is 83.9 Å². The zero-order valence-electron chi connectivity index (χ0n) is 74.4. The van der Waals surface area contributed by atoms with E-state index < -0.39 is 102 Å². The van der Waals surface area contributed by atoms with Gasteiger partial charge in [0.15, 0.2) is 9.75 Å². The maximum atomic E-state index is 13.9. The van der Waals surface area contributed by atoms with Gasteiger partial charge < -0.3 is 101 Å². The fourth-order valence-corrected chi connectivity index (χ4v) is 16.4. The number of rotatable bonds is 3. The van der Waals surface area contributed by atoms with Gasteiger partial charge in [-0.3, -0.25) is 43.3 Å². The Morgan fingerprint density at radius 3 is 1.54 bits per heavy atom. The number of aldehydes is 1. The number of hydrogen-bond acceptors (Lipinski definition) is 18. The first-order valence-corrected chi connectivity index (χ1v) is 44.8. The number of ketones is 1. The molecule has 17 rings (SSSR count). The van der Waals surface area contributed by atoms with Crippen LogP contribution in [0.1, 0.15) is 143 Å². The number of nitrogens with one attached hydrogen (secondary N) is 9. The monoisotopic (exact) mass is 2260 g/mol. The minimum Gasteiger partial charge on any atom is -0.512 e. The van der Waals surface area contributed by atoms with Crippen LogP contribution in [0.2, 0.25) is 25.1 Å². The molecule has 50 heteroatoms. The quantitative estimate of drug-likeness (QED) is 0.00904.